The summed E-state index contributed by atoms with van der Waals surface area (Å²) in [6.07, 6.45) is 7.33. The molecule has 3 heterocycles. The summed E-state index contributed by atoms with van der Waals surface area (Å²) >= 11 is 0. The number of nitrogens with one attached hydrogen (secondary N) is 2. The molecule has 1 aliphatic rings. The van der Waals surface area contributed by atoms with Crippen molar-refractivity contribution < 1.29 is 9.53 Å². The number of pyridine rings is 1. The van der Waals surface area contributed by atoms with Crippen molar-refractivity contribution in [3.8, 4) is 22.5 Å². The molecule has 1 saturated carbocycles. The molecule has 5 aromatic rings. The third kappa shape index (κ3) is 5.19. The van der Waals surface area contributed by atoms with Crippen LogP contribution in [-0.4, -0.2) is 42.1 Å². The van der Waals surface area contributed by atoms with Crippen LogP contribution in [-0.2, 0) is 11.2 Å². The van der Waals surface area contributed by atoms with Gasteiger partial charge in [0.2, 0.25) is 0 Å². The molecule has 1 aliphatic carbocycles. The predicted octanol–water partition coefficient (Wildman–Crippen LogP) is 6.20. The van der Waals surface area contributed by atoms with Gasteiger partial charge in [-0.3, -0.25) is 4.40 Å². The number of aromatic amines is 1. The highest BCUT2D eigenvalue weighted by Crippen LogP contribution is 2.33. The average Bonchev–Trinajstić information content (AvgIpc) is 3.69. The Hall–Kier alpha value is -4.53. The molecule has 3 aromatic heterocycles. The lowest BCUT2D eigenvalue weighted by Crippen LogP contribution is -2.37. The Morgan fingerprint density at radius 3 is 2.55 bits per heavy atom. The van der Waals surface area contributed by atoms with Crippen molar-refractivity contribution in [3.05, 3.63) is 89.4 Å². The molecule has 9 nitrogen and oxygen atoms in total. The smallest absolute Gasteiger partial charge is 0.408 e. The minimum atomic E-state index is -0.617. The first-order valence-corrected chi connectivity index (χ1v) is 14.0. The van der Waals surface area contributed by atoms with Crippen LogP contribution in [0, 0.1) is 6.92 Å². The molecular formula is C31H33N7O2. The van der Waals surface area contributed by atoms with Gasteiger partial charge in [-0.25, -0.2) is 14.9 Å². The van der Waals surface area contributed by atoms with Crippen LogP contribution in [0.3, 0.4) is 0 Å². The summed E-state index contributed by atoms with van der Waals surface area (Å²) in [5.41, 5.74) is 7.59. The van der Waals surface area contributed by atoms with Crippen LogP contribution in [0.5, 0.6) is 0 Å². The number of hydrogen-bond donors (Lipinski definition) is 2. The van der Waals surface area contributed by atoms with Crippen LogP contribution in [0.15, 0.2) is 66.9 Å². The van der Waals surface area contributed by atoms with Gasteiger partial charge in [-0.2, -0.15) is 0 Å². The zero-order chi connectivity index (χ0) is 27.5. The highest BCUT2D eigenvalue weighted by molar-refractivity contribution is 5.80. The number of tetrazole rings is 1. The second-order valence-corrected chi connectivity index (χ2v) is 10.4. The van der Waals surface area contributed by atoms with E-state index in [1.807, 2.05) is 73.8 Å². The first-order chi connectivity index (χ1) is 19.6. The Morgan fingerprint density at radius 2 is 1.82 bits per heavy atom. The lowest BCUT2D eigenvalue weighted by molar-refractivity contribution is 0.108. The summed E-state index contributed by atoms with van der Waals surface area (Å²) < 4.78 is 8.28. The molecule has 0 bridgehead atoms. The quantitative estimate of drug-likeness (QED) is 0.257. The SMILES string of the molecule is CCc1cn2c([C@H](OC(=O)NC3CCCCC3)c3ccc(-c4ccccc4-c4nnn[nH]4)cc3)ccc(C)c2n1. The largest absolute Gasteiger partial charge is 0.435 e. The van der Waals surface area contributed by atoms with Crippen molar-refractivity contribution in [3.63, 3.8) is 0 Å². The topological polar surface area (TPSA) is 110 Å². The molecule has 204 valence electrons. The summed E-state index contributed by atoms with van der Waals surface area (Å²) in [5, 5.41) is 17.5. The van der Waals surface area contributed by atoms with E-state index in [9.17, 15) is 4.79 Å². The molecule has 0 saturated heterocycles. The normalized spacial score (nSPS) is 14.8. The van der Waals surface area contributed by atoms with Gasteiger partial charge in [0.15, 0.2) is 11.9 Å². The van der Waals surface area contributed by atoms with E-state index in [-0.39, 0.29) is 6.04 Å². The summed E-state index contributed by atoms with van der Waals surface area (Å²) in [4.78, 5) is 18.0. The lowest BCUT2D eigenvalue weighted by atomic mass is 9.96. The zero-order valence-corrected chi connectivity index (χ0v) is 22.8. The minimum Gasteiger partial charge on any atom is -0.435 e. The number of nitrogens with zero attached hydrogens (tertiary/aromatic N) is 5. The van der Waals surface area contributed by atoms with E-state index < -0.39 is 12.2 Å². The molecule has 2 N–H and O–H groups in total. The predicted molar refractivity (Wildman–Crippen MR) is 153 cm³/mol. The first-order valence-electron chi connectivity index (χ1n) is 14.0. The van der Waals surface area contributed by atoms with E-state index in [2.05, 4.69) is 37.3 Å². The molecule has 0 unspecified atom stereocenters. The van der Waals surface area contributed by atoms with Crippen molar-refractivity contribution in [1.82, 2.24) is 35.3 Å². The van der Waals surface area contributed by atoms with E-state index >= 15 is 0 Å². The number of H-pyrrole nitrogens is 1. The van der Waals surface area contributed by atoms with Gasteiger partial charge in [0.25, 0.3) is 0 Å². The zero-order valence-electron chi connectivity index (χ0n) is 22.8. The summed E-state index contributed by atoms with van der Waals surface area (Å²) in [6, 6.07) is 20.3. The second-order valence-electron chi connectivity index (χ2n) is 10.4. The number of carbonyl (C=O) groups is 1. The molecule has 6 rings (SSSR count). The third-order valence-corrected chi connectivity index (χ3v) is 7.73. The fraction of sp³-hybridized carbons (Fsp3) is 0.323. The molecule has 0 spiro atoms. The molecule has 9 heteroatoms. The molecule has 40 heavy (non-hydrogen) atoms. The summed E-state index contributed by atoms with van der Waals surface area (Å²) in [6.45, 7) is 4.14. The highest BCUT2D eigenvalue weighted by Gasteiger charge is 2.25. The first kappa shape index (κ1) is 25.7. The van der Waals surface area contributed by atoms with E-state index in [0.717, 1.165) is 77.0 Å². The molecule has 1 amide bonds. The Bertz CT molecular complexity index is 1600. The van der Waals surface area contributed by atoms with Crippen molar-refractivity contribution in [1.29, 1.82) is 0 Å². The van der Waals surface area contributed by atoms with Crippen LogP contribution in [0.4, 0.5) is 4.79 Å². The molecule has 1 fully saturated rings. The Kier molecular flexibility index (Phi) is 7.27. The fourth-order valence-corrected chi connectivity index (χ4v) is 5.56. The average molecular weight is 536 g/mol. The van der Waals surface area contributed by atoms with Crippen molar-refractivity contribution in [2.45, 2.75) is 64.5 Å². The number of alkyl carbamates (subject to hydrolysis) is 1. The molecule has 0 radical (unpaired) electrons. The van der Waals surface area contributed by atoms with Crippen LogP contribution >= 0.6 is 0 Å². The fourth-order valence-electron chi connectivity index (χ4n) is 5.56. The van der Waals surface area contributed by atoms with Crippen LogP contribution < -0.4 is 5.32 Å². The van der Waals surface area contributed by atoms with Gasteiger partial charge in [0.05, 0.1) is 11.4 Å². The van der Waals surface area contributed by atoms with Crippen LogP contribution in [0.2, 0.25) is 0 Å². The maximum Gasteiger partial charge on any atom is 0.408 e. The Labute approximate surface area is 233 Å². The molecule has 1 atom stereocenters. The van der Waals surface area contributed by atoms with Crippen molar-refractivity contribution in [2.75, 3.05) is 0 Å². The number of aromatic nitrogens is 6. The maximum absolute atomic E-state index is 13.2. The van der Waals surface area contributed by atoms with Gasteiger partial charge < -0.3 is 10.1 Å². The number of aryl methyl sites for hydroxylation is 2. The van der Waals surface area contributed by atoms with Gasteiger partial charge in [-0.15, -0.1) is 5.10 Å². The lowest BCUT2D eigenvalue weighted by Gasteiger charge is -2.25. The number of hydrogen-bond acceptors (Lipinski definition) is 6. The number of imidazole rings is 1. The van der Waals surface area contributed by atoms with E-state index in [1.54, 1.807) is 0 Å². The van der Waals surface area contributed by atoms with E-state index in [4.69, 9.17) is 9.72 Å². The summed E-state index contributed by atoms with van der Waals surface area (Å²) in [7, 11) is 0. The monoisotopic (exact) mass is 535 g/mol. The molecule has 0 aliphatic heterocycles. The summed E-state index contributed by atoms with van der Waals surface area (Å²) in [5.74, 6) is 0.606. The van der Waals surface area contributed by atoms with Gasteiger partial charge in [0, 0.05) is 17.8 Å². The number of rotatable bonds is 7. The number of fused-ring (bicyclic) bond motifs is 1. The number of benzene rings is 2. The highest BCUT2D eigenvalue weighted by atomic mass is 16.6. The standard InChI is InChI=1S/C31H33N7O2/c1-3-23-19-38-27(18-13-20(2)30(38)32-23)28(40-31(39)33-24-9-5-4-6-10-24)22-16-14-21(15-17-22)25-11-7-8-12-26(25)29-34-36-37-35-29/h7-8,11-19,24,28H,3-6,9-10H2,1-2H3,(H,33,39)(H,34,35,36,37)/t28-/m1/s1. The molecular weight excluding hydrogens is 502 g/mol. The maximum atomic E-state index is 13.2. The van der Waals surface area contributed by atoms with E-state index in [0.29, 0.717) is 5.82 Å². The van der Waals surface area contributed by atoms with Gasteiger partial charge >= 0.3 is 6.09 Å². The van der Waals surface area contributed by atoms with E-state index in [1.165, 1.54) is 6.42 Å². The molecule has 2 aromatic carbocycles. The third-order valence-electron chi connectivity index (χ3n) is 7.73. The second kappa shape index (κ2) is 11.3. The van der Waals surface area contributed by atoms with Gasteiger partial charge in [-0.05, 0) is 64.9 Å². The van der Waals surface area contributed by atoms with Crippen LogP contribution in [0.1, 0.15) is 67.6 Å². The number of ether oxygens (including phenoxy) is 1. The Balaban J connectivity index is 1.37. The van der Waals surface area contributed by atoms with Crippen LogP contribution in [0.25, 0.3) is 28.2 Å². The van der Waals surface area contributed by atoms with Crippen molar-refractivity contribution in [2.24, 2.45) is 0 Å². The van der Waals surface area contributed by atoms with Crippen molar-refractivity contribution >= 4 is 11.7 Å². The van der Waals surface area contributed by atoms with Gasteiger partial charge in [0.1, 0.15) is 5.65 Å². The Morgan fingerprint density at radius 1 is 1.05 bits per heavy atom. The van der Waals surface area contributed by atoms with Gasteiger partial charge in [-0.1, -0.05) is 80.8 Å². The number of amides is 1. The minimum absolute atomic E-state index is 0.157. The number of carbonyl (C=O) groups excluding carboxylic acids is 1.